The van der Waals surface area contributed by atoms with Gasteiger partial charge in [0.2, 0.25) is 0 Å². The topological polar surface area (TPSA) is 17.3 Å². The predicted molar refractivity (Wildman–Crippen MR) is 219 cm³/mol. The van der Waals surface area contributed by atoms with E-state index in [1.165, 1.54) is 87.6 Å². The summed E-state index contributed by atoms with van der Waals surface area (Å²) in [5.74, 6) is 0. The van der Waals surface area contributed by atoms with Crippen LogP contribution in [0.1, 0.15) is 25.0 Å². The molecule has 244 valence electrons. The van der Waals surface area contributed by atoms with Gasteiger partial charge in [-0.1, -0.05) is 147 Å². The van der Waals surface area contributed by atoms with Crippen LogP contribution in [0, 0.1) is 0 Å². The molecule has 52 heavy (non-hydrogen) atoms. The van der Waals surface area contributed by atoms with Crippen molar-refractivity contribution in [3.8, 4) is 44.6 Å². The van der Waals surface area contributed by atoms with E-state index >= 15 is 0 Å². The lowest BCUT2D eigenvalue weighted by Gasteiger charge is -2.24. The molecule has 0 saturated heterocycles. The molecular formula is C50H34N2. The highest BCUT2D eigenvalue weighted by atomic mass is 15.0. The molecule has 0 atom stereocenters. The number of aromatic nitrogens is 2. The van der Waals surface area contributed by atoms with Gasteiger partial charge in [0.15, 0.2) is 0 Å². The maximum atomic E-state index is 5.04. The summed E-state index contributed by atoms with van der Waals surface area (Å²) in [6, 6.07) is 58.3. The SMILES string of the molecule is CC1(C)c2ccccc2-c2cc3c(-c4ccc5ccccc5c4)c4ccccc4c(-c4ccc(-c5cn6cc7ccccc7cc6n5)cc4)c3cc21. The molecule has 2 aromatic heterocycles. The Morgan fingerprint density at radius 3 is 1.81 bits per heavy atom. The fraction of sp³-hybridized carbons (Fsp3) is 0.0600. The zero-order valence-corrected chi connectivity index (χ0v) is 29.1. The Morgan fingerprint density at radius 2 is 1.02 bits per heavy atom. The third-order valence-corrected chi connectivity index (χ3v) is 11.6. The summed E-state index contributed by atoms with van der Waals surface area (Å²) in [7, 11) is 0. The van der Waals surface area contributed by atoms with E-state index in [2.05, 4.69) is 188 Å². The molecule has 0 amide bonds. The Bertz CT molecular complexity index is 3040. The van der Waals surface area contributed by atoms with Gasteiger partial charge in [-0.15, -0.1) is 0 Å². The molecule has 0 saturated carbocycles. The van der Waals surface area contributed by atoms with Crippen LogP contribution in [0.5, 0.6) is 0 Å². The van der Waals surface area contributed by atoms with Gasteiger partial charge in [-0.05, 0) is 112 Å². The Hall–Kier alpha value is -6.51. The van der Waals surface area contributed by atoms with Crippen molar-refractivity contribution in [2.45, 2.75) is 19.3 Å². The standard InChI is InChI=1S/C50H34N2/c1-50(2)44-18-10-9-15-38(44)41-27-42-43(28-45(41)50)48(39-16-7-8-17-40(39)49(42)36-24-19-31-11-3-4-12-34(31)25-36)33-22-20-32(21-23-33)46-30-52-29-37-14-6-5-13-35(37)26-47(52)51-46/h3-30H,1-2H3. The molecule has 0 N–H and O–H groups in total. The summed E-state index contributed by atoms with van der Waals surface area (Å²) < 4.78 is 2.14. The number of benzene rings is 8. The molecule has 0 fully saturated rings. The van der Waals surface area contributed by atoms with E-state index in [0.717, 1.165) is 16.9 Å². The Kier molecular flexibility index (Phi) is 6.04. The fourth-order valence-electron chi connectivity index (χ4n) is 8.95. The van der Waals surface area contributed by atoms with Gasteiger partial charge in [-0.25, -0.2) is 4.98 Å². The molecule has 1 aliphatic carbocycles. The summed E-state index contributed by atoms with van der Waals surface area (Å²) in [4.78, 5) is 5.04. The van der Waals surface area contributed by atoms with Crippen LogP contribution < -0.4 is 0 Å². The number of pyridine rings is 1. The summed E-state index contributed by atoms with van der Waals surface area (Å²) in [6.07, 6.45) is 4.31. The van der Waals surface area contributed by atoms with Gasteiger partial charge in [-0.3, -0.25) is 0 Å². The Morgan fingerprint density at radius 1 is 0.423 bits per heavy atom. The molecule has 8 aromatic carbocycles. The maximum Gasteiger partial charge on any atom is 0.138 e. The summed E-state index contributed by atoms with van der Waals surface area (Å²) in [5, 5.41) is 10.0. The van der Waals surface area contributed by atoms with Crippen LogP contribution in [0.2, 0.25) is 0 Å². The van der Waals surface area contributed by atoms with Crippen molar-refractivity contribution in [2.75, 3.05) is 0 Å². The smallest absolute Gasteiger partial charge is 0.138 e. The van der Waals surface area contributed by atoms with E-state index in [9.17, 15) is 0 Å². The monoisotopic (exact) mass is 662 g/mol. The highest BCUT2D eigenvalue weighted by Crippen LogP contribution is 2.53. The first-order valence-corrected chi connectivity index (χ1v) is 18.1. The molecule has 2 nitrogen and oxygen atoms in total. The summed E-state index contributed by atoms with van der Waals surface area (Å²) >= 11 is 0. The third kappa shape index (κ3) is 4.21. The molecule has 0 bridgehead atoms. The molecule has 0 spiro atoms. The van der Waals surface area contributed by atoms with Crippen molar-refractivity contribution in [1.29, 1.82) is 0 Å². The molecule has 0 radical (unpaired) electrons. The van der Waals surface area contributed by atoms with Crippen LogP contribution in [0.3, 0.4) is 0 Å². The van der Waals surface area contributed by atoms with Gasteiger partial charge in [0.25, 0.3) is 0 Å². The van der Waals surface area contributed by atoms with Crippen molar-refractivity contribution in [1.82, 2.24) is 9.38 Å². The number of nitrogens with zero attached hydrogens (tertiary/aromatic N) is 2. The molecule has 0 aliphatic heterocycles. The van der Waals surface area contributed by atoms with Gasteiger partial charge in [0.05, 0.1) is 5.69 Å². The van der Waals surface area contributed by atoms with Gasteiger partial charge >= 0.3 is 0 Å². The highest BCUT2D eigenvalue weighted by molar-refractivity contribution is 6.23. The van der Waals surface area contributed by atoms with E-state index < -0.39 is 0 Å². The zero-order chi connectivity index (χ0) is 34.6. The van der Waals surface area contributed by atoms with Gasteiger partial charge in [-0.2, -0.15) is 0 Å². The van der Waals surface area contributed by atoms with Crippen LogP contribution in [0.4, 0.5) is 0 Å². The summed E-state index contributed by atoms with van der Waals surface area (Å²) in [6.45, 7) is 4.75. The second-order valence-electron chi connectivity index (χ2n) is 14.8. The molecule has 2 heteroatoms. The fourth-order valence-corrected chi connectivity index (χ4v) is 8.95. The Labute approximate surface area is 302 Å². The largest absolute Gasteiger partial charge is 0.306 e. The van der Waals surface area contributed by atoms with Crippen LogP contribution in [0.25, 0.3) is 93.4 Å². The minimum Gasteiger partial charge on any atom is -0.306 e. The highest BCUT2D eigenvalue weighted by Gasteiger charge is 2.36. The number of fused-ring (bicyclic) bond motifs is 8. The first kappa shape index (κ1) is 29.2. The van der Waals surface area contributed by atoms with Crippen LogP contribution in [-0.4, -0.2) is 9.38 Å². The molecule has 11 rings (SSSR count). The summed E-state index contributed by atoms with van der Waals surface area (Å²) in [5.41, 5.74) is 13.4. The molecule has 10 aromatic rings. The van der Waals surface area contributed by atoms with Gasteiger partial charge in [0.1, 0.15) is 5.65 Å². The average molecular weight is 663 g/mol. The number of imidazole rings is 1. The van der Waals surface area contributed by atoms with E-state index in [4.69, 9.17) is 4.98 Å². The second-order valence-corrected chi connectivity index (χ2v) is 14.8. The normalized spacial score (nSPS) is 13.3. The lowest BCUT2D eigenvalue weighted by molar-refractivity contribution is 0.661. The average Bonchev–Trinajstić information content (AvgIpc) is 3.70. The third-order valence-electron chi connectivity index (χ3n) is 11.6. The minimum absolute atomic E-state index is 0.107. The maximum absolute atomic E-state index is 5.04. The molecule has 1 aliphatic rings. The van der Waals surface area contributed by atoms with Crippen molar-refractivity contribution in [2.24, 2.45) is 0 Å². The Balaban J connectivity index is 1.17. The number of hydrogen-bond acceptors (Lipinski definition) is 1. The van der Waals surface area contributed by atoms with Crippen LogP contribution in [-0.2, 0) is 5.41 Å². The van der Waals surface area contributed by atoms with Crippen LogP contribution >= 0.6 is 0 Å². The second kappa shape index (κ2) is 10.7. The molecular weight excluding hydrogens is 629 g/mol. The van der Waals surface area contributed by atoms with E-state index in [0.29, 0.717) is 0 Å². The lowest BCUT2D eigenvalue weighted by atomic mass is 9.79. The van der Waals surface area contributed by atoms with E-state index in [1.54, 1.807) is 0 Å². The predicted octanol–water partition coefficient (Wildman–Crippen LogP) is 13.3. The van der Waals surface area contributed by atoms with Crippen molar-refractivity contribution >= 4 is 48.7 Å². The van der Waals surface area contributed by atoms with Gasteiger partial charge in [0, 0.05) is 23.4 Å². The van der Waals surface area contributed by atoms with Gasteiger partial charge < -0.3 is 4.40 Å². The minimum atomic E-state index is -0.107. The molecule has 0 unspecified atom stereocenters. The van der Waals surface area contributed by atoms with Crippen LogP contribution in [0.15, 0.2) is 170 Å². The first-order valence-electron chi connectivity index (χ1n) is 18.1. The van der Waals surface area contributed by atoms with Crippen molar-refractivity contribution in [3.05, 3.63) is 181 Å². The van der Waals surface area contributed by atoms with Crippen molar-refractivity contribution < 1.29 is 0 Å². The van der Waals surface area contributed by atoms with E-state index in [-0.39, 0.29) is 5.41 Å². The first-order chi connectivity index (χ1) is 25.5. The zero-order valence-electron chi connectivity index (χ0n) is 29.1. The quantitative estimate of drug-likeness (QED) is 0.172. The van der Waals surface area contributed by atoms with Crippen molar-refractivity contribution in [3.63, 3.8) is 0 Å². The lowest BCUT2D eigenvalue weighted by Crippen LogP contribution is -2.14. The van der Waals surface area contributed by atoms with E-state index in [1.807, 2.05) is 0 Å². The number of rotatable bonds is 3. The number of hydrogen-bond donors (Lipinski definition) is 0. The molecule has 2 heterocycles.